The minimum Gasteiger partial charge on any atom is -0.437 e. The average molecular weight is 521 g/mol. The number of rotatable bonds is 2. The number of halogens is 3. The summed E-state index contributed by atoms with van der Waals surface area (Å²) in [6, 6.07) is 23.2. The van der Waals surface area contributed by atoms with Crippen molar-refractivity contribution < 1.29 is 4.74 Å². The fourth-order valence-corrected chi connectivity index (χ4v) is 4.59. The third-order valence-electron chi connectivity index (χ3n) is 5.33. The number of para-hydroxylation sites is 1. The van der Waals surface area contributed by atoms with Gasteiger partial charge in [-0.1, -0.05) is 69.5 Å². The summed E-state index contributed by atoms with van der Waals surface area (Å²) in [6.07, 6.45) is 0. The van der Waals surface area contributed by atoms with Crippen molar-refractivity contribution in [1.29, 1.82) is 0 Å². The van der Waals surface area contributed by atoms with Gasteiger partial charge in [0.1, 0.15) is 5.75 Å². The van der Waals surface area contributed by atoms with E-state index < -0.39 is 0 Å². The highest BCUT2D eigenvalue weighted by atomic mass is 79.9. The van der Waals surface area contributed by atoms with E-state index in [0.717, 1.165) is 38.0 Å². The van der Waals surface area contributed by atoms with Gasteiger partial charge in [-0.25, -0.2) is 9.97 Å². The fourth-order valence-electron chi connectivity index (χ4n) is 3.83. The molecule has 3 aromatic carbocycles. The van der Waals surface area contributed by atoms with Crippen LogP contribution < -0.4 is 4.74 Å². The van der Waals surface area contributed by atoms with Crippen LogP contribution >= 0.6 is 39.1 Å². The Morgan fingerprint density at radius 1 is 0.750 bits per heavy atom. The van der Waals surface area contributed by atoms with Gasteiger partial charge in [0.25, 0.3) is 0 Å². The Bertz CT molecular complexity index is 1540. The Morgan fingerprint density at radius 2 is 1.56 bits per heavy atom. The zero-order chi connectivity index (χ0) is 21.8. The summed E-state index contributed by atoms with van der Waals surface area (Å²) in [5.74, 6) is 1.63. The number of nitrogens with zero attached hydrogens (tertiary/aromatic N) is 3. The summed E-state index contributed by atoms with van der Waals surface area (Å²) in [5, 5.41) is 1.78. The van der Waals surface area contributed by atoms with Gasteiger partial charge in [0.05, 0.1) is 16.1 Å². The van der Waals surface area contributed by atoms with Gasteiger partial charge < -0.3 is 4.74 Å². The molecule has 4 nitrogen and oxygen atoms in total. The molecule has 0 bridgehead atoms. The zero-order valence-corrected chi connectivity index (χ0v) is 19.4. The maximum absolute atomic E-state index is 6.45. The maximum Gasteiger partial charge on any atom is 0.233 e. The Labute approximate surface area is 202 Å². The van der Waals surface area contributed by atoms with E-state index in [0.29, 0.717) is 33.0 Å². The van der Waals surface area contributed by atoms with E-state index in [1.165, 1.54) is 0 Å². The van der Waals surface area contributed by atoms with Crippen LogP contribution in [0.1, 0.15) is 0 Å². The van der Waals surface area contributed by atoms with Crippen LogP contribution in [0, 0.1) is 0 Å². The number of benzene rings is 3. The van der Waals surface area contributed by atoms with Gasteiger partial charge >= 0.3 is 0 Å². The highest BCUT2D eigenvalue weighted by molar-refractivity contribution is 9.10. The number of pyridine rings is 1. The molecule has 7 heteroatoms. The summed E-state index contributed by atoms with van der Waals surface area (Å²) >= 11 is 16.0. The van der Waals surface area contributed by atoms with Crippen LogP contribution in [0.25, 0.3) is 44.8 Å². The van der Waals surface area contributed by atoms with Crippen molar-refractivity contribution in [2.75, 3.05) is 0 Å². The summed E-state index contributed by atoms with van der Waals surface area (Å²) in [6.45, 7) is 0. The molecule has 0 N–H and O–H groups in total. The molecular formula is C25H12BrCl2N3O. The molecule has 0 unspecified atom stereocenters. The largest absolute Gasteiger partial charge is 0.437 e. The number of aromatic nitrogens is 3. The minimum atomic E-state index is 0.431. The van der Waals surface area contributed by atoms with Crippen molar-refractivity contribution in [3.8, 4) is 45.4 Å². The Morgan fingerprint density at radius 3 is 2.38 bits per heavy atom. The lowest BCUT2D eigenvalue weighted by atomic mass is 9.97. The summed E-state index contributed by atoms with van der Waals surface area (Å²) in [5.41, 5.74) is 4.97. The SMILES string of the molecule is Clc1ccc(-c2nc3c4c(cc(-c5ccc(Br)cc5)nc4n2)-c2ccccc2O3)c(Cl)c1. The minimum absolute atomic E-state index is 0.431. The molecule has 6 rings (SSSR count). The summed E-state index contributed by atoms with van der Waals surface area (Å²) < 4.78 is 7.18. The zero-order valence-electron chi connectivity index (χ0n) is 16.3. The van der Waals surface area contributed by atoms with Crippen LogP contribution in [0.15, 0.2) is 77.3 Å². The van der Waals surface area contributed by atoms with Crippen molar-refractivity contribution in [3.63, 3.8) is 0 Å². The van der Waals surface area contributed by atoms with E-state index in [1.807, 2.05) is 48.5 Å². The van der Waals surface area contributed by atoms with E-state index in [2.05, 4.69) is 22.0 Å². The first-order chi connectivity index (χ1) is 15.6. The number of hydrogen-bond acceptors (Lipinski definition) is 4. The van der Waals surface area contributed by atoms with Crippen LogP contribution in [0.4, 0.5) is 0 Å². The first-order valence-corrected chi connectivity index (χ1v) is 11.3. The second-order valence-corrected chi connectivity index (χ2v) is 9.09. The Hall–Kier alpha value is -2.99. The number of ether oxygens (including phenoxy) is 1. The molecule has 0 fully saturated rings. The molecule has 0 radical (unpaired) electrons. The lowest BCUT2D eigenvalue weighted by molar-refractivity contribution is 0.467. The molecule has 0 saturated carbocycles. The van der Waals surface area contributed by atoms with Gasteiger partial charge in [-0.3, -0.25) is 0 Å². The third-order valence-corrected chi connectivity index (χ3v) is 6.41. The second-order valence-electron chi connectivity index (χ2n) is 7.34. The molecule has 1 aliphatic rings. The first kappa shape index (κ1) is 19.7. The van der Waals surface area contributed by atoms with Crippen molar-refractivity contribution in [2.24, 2.45) is 0 Å². The third kappa shape index (κ3) is 3.25. The summed E-state index contributed by atoms with van der Waals surface area (Å²) in [7, 11) is 0. The van der Waals surface area contributed by atoms with Crippen LogP contribution in [-0.4, -0.2) is 15.0 Å². The smallest absolute Gasteiger partial charge is 0.233 e. The molecule has 5 aromatic rings. The van der Waals surface area contributed by atoms with Crippen LogP contribution in [0.2, 0.25) is 10.0 Å². The summed E-state index contributed by atoms with van der Waals surface area (Å²) in [4.78, 5) is 14.3. The normalized spacial score (nSPS) is 11.8. The molecule has 1 aliphatic heterocycles. The molecular weight excluding hydrogens is 509 g/mol. The van der Waals surface area contributed by atoms with Crippen LogP contribution in [-0.2, 0) is 0 Å². The topological polar surface area (TPSA) is 47.9 Å². The van der Waals surface area contributed by atoms with Crippen LogP contribution in [0.5, 0.6) is 11.6 Å². The molecule has 0 spiro atoms. The van der Waals surface area contributed by atoms with Crippen LogP contribution in [0.3, 0.4) is 0 Å². The molecule has 3 heterocycles. The van der Waals surface area contributed by atoms with E-state index >= 15 is 0 Å². The van der Waals surface area contributed by atoms with Gasteiger partial charge in [0, 0.05) is 31.7 Å². The average Bonchev–Trinajstić information content (AvgIpc) is 2.79. The molecule has 0 saturated heterocycles. The van der Waals surface area contributed by atoms with E-state index in [9.17, 15) is 0 Å². The van der Waals surface area contributed by atoms with Gasteiger partial charge in [-0.05, 0) is 42.5 Å². The molecule has 0 aliphatic carbocycles. The monoisotopic (exact) mass is 519 g/mol. The van der Waals surface area contributed by atoms with Crippen molar-refractivity contribution in [1.82, 2.24) is 15.0 Å². The molecule has 0 amide bonds. The quantitative estimate of drug-likeness (QED) is 0.231. The fraction of sp³-hybridized carbons (Fsp3) is 0. The highest BCUT2D eigenvalue weighted by Crippen LogP contribution is 2.46. The Kier molecular flexibility index (Phi) is 4.65. The second kappa shape index (κ2) is 7.55. The van der Waals surface area contributed by atoms with E-state index in [-0.39, 0.29) is 0 Å². The standard InChI is InChI=1S/C25H12BrCl2N3O/c26-14-7-5-13(6-8-14)20-12-18-16-3-1-2-4-21(16)32-25-22(18)24(29-20)30-23(31-25)17-10-9-15(27)11-19(17)28/h1-12H. The lowest BCUT2D eigenvalue weighted by Crippen LogP contribution is -2.04. The number of hydrogen-bond donors (Lipinski definition) is 0. The van der Waals surface area contributed by atoms with Gasteiger partial charge in [-0.2, -0.15) is 4.98 Å². The predicted octanol–water partition coefficient (Wildman–Crippen LogP) is 8.20. The highest BCUT2D eigenvalue weighted by Gasteiger charge is 2.25. The molecule has 32 heavy (non-hydrogen) atoms. The predicted molar refractivity (Wildman–Crippen MR) is 131 cm³/mol. The maximum atomic E-state index is 6.45. The van der Waals surface area contributed by atoms with Gasteiger partial charge in [-0.15, -0.1) is 0 Å². The first-order valence-electron chi connectivity index (χ1n) is 9.78. The van der Waals surface area contributed by atoms with Crippen molar-refractivity contribution in [3.05, 3.63) is 87.3 Å². The van der Waals surface area contributed by atoms with Gasteiger partial charge in [0.2, 0.25) is 5.88 Å². The van der Waals surface area contributed by atoms with Crippen molar-refractivity contribution >= 4 is 50.2 Å². The van der Waals surface area contributed by atoms with E-state index in [1.54, 1.807) is 18.2 Å². The van der Waals surface area contributed by atoms with Gasteiger partial charge in [0.15, 0.2) is 11.5 Å². The lowest BCUT2D eigenvalue weighted by Gasteiger charge is -2.21. The molecule has 2 aromatic heterocycles. The van der Waals surface area contributed by atoms with Crippen molar-refractivity contribution in [2.45, 2.75) is 0 Å². The molecule has 0 atom stereocenters. The Balaban J connectivity index is 1.66. The van der Waals surface area contributed by atoms with E-state index in [4.69, 9.17) is 42.9 Å². The number of fused-ring (bicyclic) bond motifs is 2. The molecule has 154 valence electrons.